The van der Waals surface area contributed by atoms with Crippen LogP contribution in [0.5, 0.6) is 5.88 Å². The quantitative estimate of drug-likeness (QED) is 0.647. The first kappa shape index (κ1) is 12.6. The van der Waals surface area contributed by atoms with E-state index in [-0.39, 0.29) is 17.5 Å². The number of methoxy groups -OCH3 is 1. The van der Waals surface area contributed by atoms with Crippen molar-refractivity contribution in [2.75, 3.05) is 25.6 Å². The van der Waals surface area contributed by atoms with Gasteiger partial charge in [-0.15, -0.1) is 0 Å². The molecule has 1 aliphatic heterocycles. The fraction of sp³-hybridized carbons (Fsp3) is 0.545. The Morgan fingerprint density at radius 3 is 3.06 bits per heavy atom. The first-order valence-corrected chi connectivity index (χ1v) is 5.74. The zero-order chi connectivity index (χ0) is 13.0. The Hall–Kier alpha value is -1.89. The van der Waals surface area contributed by atoms with Crippen LogP contribution in [0.2, 0.25) is 0 Å². The second-order valence-electron chi connectivity index (χ2n) is 4.04. The van der Waals surface area contributed by atoms with Gasteiger partial charge in [0.15, 0.2) is 0 Å². The number of anilines is 1. The standard InChI is InChI=1S/C11H15N3O4/c1-17-10-5-4-9(14(15)16)11(13-10)12-8-3-2-6-18-7-8/h4-5,8H,2-3,6-7H2,1H3,(H,12,13). The molecule has 0 aromatic carbocycles. The number of hydrogen-bond donors (Lipinski definition) is 1. The van der Waals surface area contributed by atoms with Gasteiger partial charge in [0, 0.05) is 18.7 Å². The molecule has 1 unspecified atom stereocenters. The van der Waals surface area contributed by atoms with E-state index in [0.717, 1.165) is 19.4 Å². The van der Waals surface area contributed by atoms with Crippen LogP contribution in [0, 0.1) is 10.1 Å². The smallest absolute Gasteiger partial charge is 0.311 e. The molecule has 98 valence electrons. The Morgan fingerprint density at radius 1 is 1.61 bits per heavy atom. The highest BCUT2D eigenvalue weighted by Crippen LogP contribution is 2.26. The van der Waals surface area contributed by atoms with Gasteiger partial charge in [0.1, 0.15) is 0 Å². The number of ether oxygens (including phenoxy) is 2. The van der Waals surface area contributed by atoms with Crippen molar-refractivity contribution in [1.29, 1.82) is 0 Å². The van der Waals surface area contributed by atoms with Gasteiger partial charge in [-0.05, 0) is 12.8 Å². The van der Waals surface area contributed by atoms with Crippen molar-refractivity contribution in [3.8, 4) is 5.88 Å². The molecule has 1 aromatic heterocycles. The van der Waals surface area contributed by atoms with Gasteiger partial charge in [0.2, 0.25) is 11.7 Å². The van der Waals surface area contributed by atoms with Gasteiger partial charge >= 0.3 is 5.69 Å². The van der Waals surface area contributed by atoms with E-state index in [2.05, 4.69) is 10.3 Å². The van der Waals surface area contributed by atoms with Gasteiger partial charge in [0.25, 0.3) is 0 Å². The van der Waals surface area contributed by atoms with E-state index in [4.69, 9.17) is 9.47 Å². The molecule has 7 heteroatoms. The molecule has 1 atom stereocenters. The van der Waals surface area contributed by atoms with E-state index >= 15 is 0 Å². The summed E-state index contributed by atoms with van der Waals surface area (Å²) in [7, 11) is 1.47. The third kappa shape index (κ3) is 2.86. The maximum absolute atomic E-state index is 10.9. The third-order valence-corrected chi connectivity index (χ3v) is 2.76. The molecule has 1 N–H and O–H groups in total. The lowest BCUT2D eigenvalue weighted by atomic mass is 10.1. The molecule has 1 aliphatic rings. The van der Waals surface area contributed by atoms with Crippen LogP contribution in [0.3, 0.4) is 0 Å². The van der Waals surface area contributed by atoms with Crippen molar-refractivity contribution < 1.29 is 14.4 Å². The Balaban J connectivity index is 2.19. The number of nitrogens with zero attached hydrogens (tertiary/aromatic N) is 2. The molecule has 1 saturated heterocycles. The summed E-state index contributed by atoms with van der Waals surface area (Å²) in [5, 5.41) is 14.0. The second-order valence-corrected chi connectivity index (χ2v) is 4.04. The second kappa shape index (κ2) is 5.63. The molecule has 0 saturated carbocycles. The summed E-state index contributed by atoms with van der Waals surface area (Å²) in [6, 6.07) is 2.91. The number of aromatic nitrogens is 1. The van der Waals surface area contributed by atoms with Crippen LogP contribution in [-0.2, 0) is 4.74 Å². The van der Waals surface area contributed by atoms with Gasteiger partial charge < -0.3 is 14.8 Å². The fourth-order valence-electron chi connectivity index (χ4n) is 1.85. The number of pyridine rings is 1. The van der Waals surface area contributed by atoms with Crippen LogP contribution in [0.1, 0.15) is 12.8 Å². The summed E-state index contributed by atoms with van der Waals surface area (Å²) in [4.78, 5) is 14.5. The summed E-state index contributed by atoms with van der Waals surface area (Å²) in [5.41, 5.74) is -0.0543. The summed E-state index contributed by atoms with van der Waals surface area (Å²) in [5.74, 6) is 0.578. The van der Waals surface area contributed by atoms with E-state index in [0.29, 0.717) is 12.5 Å². The van der Waals surface area contributed by atoms with Crippen LogP contribution in [-0.4, -0.2) is 36.3 Å². The minimum absolute atomic E-state index is 0.0528. The van der Waals surface area contributed by atoms with E-state index in [1.54, 1.807) is 0 Å². The van der Waals surface area contributed by atoms with Gasteiger partial charge in [-0.3, -0.25) is 10.1 Å². The molecular formula is C11H15N3O4. The molecule has 1 fully saturated rings. The van der Waals surface area contributed by atoms with E-state index < -0.39 is 4.92 Å². The zero-order valence-corrected chi connectivity index (χ0v) is 10.1. The van der Waals surface area contributed by atoms with Gasteiger partial charge in [0.05, 0.1) is 24.7 Å². The van der Waals surface area contributed by atoms with Crippen molar-refractivity contribution >= 4 is 11.5 Å². The number of hydrogen-bond acceptors (Lipinski definition) is 6. The van der Waals surface area contributed by atoms with Crippen molar-refractivity contribution in [2.45, 2.75) is 18.9 Å². The predicted octanol–water partition coefficient (Wildman–Crippen LogP) is 1.59. The molecule has 1 aromatic rings. The van der Waals surface area contributed by atoms with Crippen molar-refractivity contribution in [3.05, 3.63) is 22.2 Å². The highest BCUT2D eigenvalue weighted by molar-refractivity contribution is 5.57. The van der Waals surface area contributed by atoms with Crippen molar-refractivity contribution in [2.24, 2.45) is 0 Å². The first-order valence-electron chi connectivity index (χ1n) is 5.74. The molecular weight excluding hydrogens is 238 g/mol. The Bertz CT molecular complexity index is 432. The summed E-state index contributed by atoms with van der Waals surface area (Å²) >= 11 is 0. The van der Waals surface area contributed by atoms with E-state index in [9.17, 15) is 10.1 Å². The summed E-state index contributed by atoms with van der Waals surface area (Å²) < 4.78 is 10.3. The van der Waals surface area contributed by atoms with Gasteiger partial charge in [-0.25, -0.2) is 0 Å². The van der Waals surface area contributed by atoms with Gasteiger partial charge in [-0.2, -0.15) is 4.98 Å². The lowest BCUT2D eigenvalue weighted by molar-refractivity contribution is -0.384. The monoisotopic (exact) mass is 253 g/mol. The molecule has 0 amide bonds. The maximum atomic E-state index is 10.9. The molecule has 0 bridgehead atoms. The molecule has 18 heavy (non-hydrogen) atoms. The highest BCUT2D eigenvalue weighted by Gasteiger charge is 2.21. The van der Waals surface area contributed by atoms with Crippen molar-refractivity contribution in [1.82, 2.24) is 4.98 Å². The number of nitro groups is 1. The molecule has 0 aliphatic carbocycles. The lowest BCUT2D eigenvalue weighted by Gasteiger charge is -2.23. The van der Waals surface area contributed by atoms with Crippen LogP contribution in [0.25, 0.3) is 0 Å². The largest absolute Gasteiger partial charge is 0.481 e. The molecule has 0 radical (unpaired) electrons. The van der Waals surface area contributed by atoms with Crippen LogP contribution < -0.4 is 10.1 Å². The molecule has 7 nitrogen and oxygen atoms in total. The molecule has 2 rings (SSSR count). The van der Waals surface area contributed by atoms with Gasteiger partial charge in [-0.1, -0.05) is 0 Å². The number of nitrogens with one attached hydrogen (secondary N) is 1. The van der Waals surface area contributed by atoms with E-state index in [1.807, 2.05) is 0 Å². The summed E-state index contributed by atoms with van der Waals surface area (Å²) in [6.45, 7) is 1.28. The molecule has 0 spiro atoms. The maximum Gasteiger partial charge on any atom is 0.311 e. The first-order chi connectivity index (χ1) is 8.70. The Kier molecular flexibility index (Phi) is 3.93. The normalized spacial score (nSPS) is 19.3. The van der Waals surface area contributed by atoms with Crippen LogP contribution in [0.4, 0.5) is 11.5 Å². The Morgan fingerprint density at radius 2 is 2.44 bits per heavy atom. The zero-order valence-electron chi connectivity index (χ0n) is 10.1. The minimum atomic E-state index is -0.460. The SMILES string of the molecule is COc1ccc([N+](=O)[O-])c(NC2CCCOC2)n1. The van der Waals surface area contributed by atoms with Crippen LogP contribution >= 0.6 is 0 Å². The van der Waals surface area contributed by atoms with Crippen molar-refractivity contribution in [3.63, 3.8) is 0 Å². The topological polar surface area (TPSA) is 86.5 Å². The lowest BCUT2D eigenvalue weighted by Crippen LogP contribution is -2.30. The fourth-order valence-corrected chi connectivity index (χ4v) is 1.85. The molecule has 2 heterocycles. The van der Waals surface area contributed by atoms with E-state index in [1.165, 1.54) is 19.2 Å². The Labute approximate surface area is 104 Å². The predicted molar refractivity (Wildman–Crippen MR) is 64.9 cm³/mol. The average Bonchev–Trinajstić information content (AvgIpc) is 2.39. The number of rotatable bonds is 4. The third-order valence-electron chi connectivity index (χ3n) is 2.76. The summed E-state index contributed by atoms with van der Waals surface area (Å²) in [6.07, 6.45) is 1.85. The van der Waals surface area contributed by atoms with Crippen LogP contribution in [0.15, 0.2) is 12.1 Å². The minimum Gasteiger partial charge on any atom is -0.481 e. The highest BCUT2D eigenvalue weighted by atomic mass is 16.6. The average molecular weight is 253 g/mol.